The molecule has 3 rings (SSSR count). The average molecular weight is 259 g/mol. The number of nitrogens with zero attached hydrogens (tertiary/aromatic N) is 5. The van der Waals surface area contributed by atoms with E-state index in [1.807, 2.05) is 24.3 Å². The van der Waals surface area contributed by atoms with Crippen LogP contribution in [0.3, 0.4) is 0 Å². The van der Waals surface area contributed by atoms with E-state index in [9.17, 15) is 9.90 Å². The Kier molecular flexibility index (Phi) is 2.66. The van der Waals surface area contributed by atoms with E-state index in [4.69, 9.17) is 0 Å². The molecule has 1 aliphatic heterocycles. The van der Waals surface area contributed by atoms with Crippen LogP contribution in [0, 0.1) is 0 Å². The molecule has 1 N–H and O–H groups in total. The number of fused-ring (bicyclic) bond motifs is 1. The number of aliphatic carboxylic acids is 1. The number of benzene rings is 1. The van der Waals surface area contributed by atoms with E-state index < -0.39 is 12.0 Å². The van der Waals surface area contributed by atoms with E-state index in [1.165, 1.54) is 4.68 Å². The van der Waals surface area contributed by atoms with Crippen LogP contribution < -0.4 is 4.90 Å². The van der Waals surface area contributed by atoms with E-state index in [2.05, 4.69) is 15.5 Å². The minimum atomic E-state index is -0.893. The SMILES string of the molecule is Cn1nnnc1N1CCc2ccccc2C1C(=O)O. The Hall–Kier alpha value is -2.44. The first-order valence-corrected chi connectivity index (χ1v) is 5.98. The highest BCUT2D eigenvalue weighted by molar-refractivity contribution is 5.80. The average Bonchev–Trinajstić information content (AvgIpc) is 2.83. The fourth-order valence-corrected chi connectivity index (χ4v) is 2.52. The van der Waals surface area contributed by atoms with Gasteiger partial charge in [0, 0.05) is 13.6 Å². The van der Waals surface area contributed by atoms with Crippen molar-refractivity contribution in [3.63, 3.8) is 0 Å². The van der Waals surface area contributed by atoms with Crippen molar-refractivity contribution in [1.29, 1.82) is 0 Å². The fraction of sp³-hybridized carbons (Fsp3) is 0.333. The molecule has 0 aliphatic carbocycles. The number of hydrogen-bond donors (Lipinski definition) is 1. The molecule has 7 nitrogen and oxygen atoms in total. The van der Waals surface area contributed by atoms with Gasteiger partial charge in [0.1, 0.15) is 0 Å². The van der Waals surface area contributed by atoms with Crippen LogP contribution in [0.2, 0.25) is 0 Å². The van der Waals surface area contributed by atoms with Crippen molar-refractivity contribution < 1.29 is 9.90 Å². The summed E-state index contributed by atoms with van der Waals surface area (Å²) in [6.45, 7) is 0.586. The molecule has 1 atom stereocenters. The fourth-order valence-electron chi connectivity index (χ4n) is 2.52. The summed E-state index contributed by atoms with van der Waals surface area (Å²) >= 11 is 0. The van der Waals surface area contributed by atoms with Gasteiger partial charge >= 0.3 is 5.97 Å². The summed E-state index contributed by atoms with van der Waals surface area (Å²) in [5.74, 6) is -0.419. The molecule has 19 heavy (non-hydrogen) atoms. The maximum atomic E-state index is 11.6. The molecule has 0 saturated heterocycles. The molecule has 1 unspecified atom stereocenters. The maximum absolute atomic E-state index is 11.6. The summed E-state index contributed by atoms with van der Waals surface area (Å²) in [6.07, 6.45) is 0.785. The van der Waals surface area contributed by atoms with Gasteiger partial charge < -0.3 is 10.0 Å². The first-order chi connectivity index (χ1) is 9.18. The summed E-state index contributed by atoms with van der Waals surface area (Å²) in [4.78, 5) is 13.3. The monoisotopic (exact) mass is 259 g/mol. The largest absolute Gasteiger partial charge is 0.479 e. The predicted molar refractivity (Wildman–Crippen MR) is 66.7 cm³/mol. The smallest absolute Gasteiger partial charge is 0.331 e. The van der Waals surface area contributed by atoms with Crippen molar-refractivity contribution in [1.82, 2.24) is 20.2 Å². The second-order valence-corrected chi connectivity index (χ2v) is 4.49. The molecule has 98 valence electrons. The lowest BCUT2D eigenvalue weighted by Gasteiger charge is -2.34. The zero-order chi connectivity index (χ0) is 13.4. The van der Waals surface area contributed by atoms with E-state index in [-0.39, 0.29) is 0 Å². The zero-order valence-corrected chi connectivity index (χ0v) is 10.4. The van der Waals surface area contributed by atoms with Crippen LogP contribution >= 0.6 is 0 Å². The van der Waals surface area contributed by atoms with E-state index in [1.54, 1.807) is 11.9 Å². The zero-order valence-electron chi connectivity index (χ0n) is 10.4. The van der Waals surface area contributed by atoms with E-state index >= 15 is 0 Å². The Labute approximate surface area is 109 Å². The van der Waals surface area contributed by atoms with Crippen LogP contribution in [-0.2, 0) is 18.3 Å². The Morgan fingerprint density at radius 1 is 1.42 bits per heavy atom. The maximum Gasteiger partial charge on any atom is 0.331 e. The Morgan fingerprint density at radius 2 is 2.21 bits per heavy atom. The van der Waals surface area contributed by atoms with Gasteiger partial charge in [0.15, 0.2) is 6.04 Å². The van der Waals surface area contributed by atoms with Gasteiger partial charge in [-0.25, -0.2) is 9.48 Å². The minimum absolute atomic E-state index is 0.474. The number of carboxylic acids is 1. The normalized spacial score (nSPS) is 18.2. The molecule has 2 aromatic rings. The third-order valence-electron chi connectivity index (χ3n) is 3.37. The highest BCUT2D eigenvalue weighted by Crippen LogP contribution is 2.32. The number of rotatable bonds is 2. The molecule has 0 radical (unpaired) electrons. The second-order valence-electron chi connectivity index (χ2n) is 4.49. The van der Waals surface area contributed by atoms with Crippen LogP contribution in [0.5, 0.6) is 0 Å². The molecule has 0 bridgehead atoms. The van der Waals surface area contributed by atoms with Gasteiger partial charge in [-0.05, 0) is 28.0 Å². The number of tetrazole rings is 1. The lowest BCUT2D eigenvalue weighted by Crippen LogP contribution is -2.41. The molecule has 0 fully saturated rings. The molecule has 0 saturated carbocycles. The van der Waals surface area contributed by atoms with Crippen LogP contribution in [-0.4, -0.2) is 37.8 Å². The lowest BCUT2D eigenvalue weighted by atomic mass is 9.93. The number of aryl methyl sites for hydroxylation is 1. The van der Waals surface area contributed by atoms with Crippen LogP contribution in [0.25, 0.3) is 0 Å². The first-order valence-electron chi connectivity index (χ1n) is 5.98. The number of carboxylic acid groups (broad SMARTS) is 1. The minimum Gasteiger partial charge on any atom is -0.479 e. The molecular formula is C12H13N5O2. The van der Waals surface area contributed by atoms with Gasteiger partial charge in [-0.2, -0.15) is 0 Å². The van der Waals surface area contributed by atoms with Crippen molar-refractivity contribution >= 4 is 11.9 Å². The van der Waals surface area contributed by atoms with Crippen molar-refractivity contribution in [3.8, 4) is 0 Å². The third-order valence-corrected chi connectivity index (χ3v) is 3.37. The molecule has 7 heteroatoms. The van der Waals surface area contributed by atoms with Crippen LogP contribution in [0.15, 0.2) is 24.3 Å². The summed E-state index contributed by atoms with van der Waals surface area (Å²) in [6, 6.07) is 6.86. The van der Waals surface area contributed by atoms with Gasteiger partial charge in [-0.1, -0.05) is 29.4 Å². The molecule has 1 aliphatic rings. The molecule has 2 heterocycles. The molecule has 0 spiro atoms. The summed E-state index contributed by atoms with van der Waals surface area (Å²) in [5.41, 5.74) is 1.88. The summed E-state index contributed by atoms with van der Waals surface area (Å²) in [5, 5.41) is 20.8. The number of hydrogen-bond acceptors (Lipinski definition) is 5. The summed E-state index contributed by atoms with van der Waals surface area (Å²) in [7, 11) is 1.70. The van der Waals surface area contributed by atoms with Gasteiger partial charge in [0.05, 0.1) is 0 Å². The Morgan fingerprint density at radius 3 is 2.89 bits per heavy atom. The quantitative estimate of drug-likeness (QED) is 0.840. The van der Waals surface area contributed by atoms with Gasteiger partial charge in [0.2, 0.25) is 5.95 Å². The molecule has 0 amide bonds. The Balaban J connectivity index is 2.09. The predicted octanol–water partition coefficient (Wildman–Crippen LogP) is 0.398. The number of anilines is 1. The van der Waals surface area contributed by atoms with Gasteiger partial charge in [-0.15, -0.1) is 0 Å². The van der Waals surface area contributed by atoms with E-state index in [0.717, 1.165) is 17.5 Å². The van der Waals surface area contributed by atoms with Gasteiger partial charge in [0.25, 0.3) is 0 Å². The molecular weight excluding hydrogens is 246 g/mol. The van der Waals surface area contributed by atoms with E-state index in [0.29, 0.717) is 12.5 Å². The van der Waals surface area contributed by atoms with Crippen molar-refractivity contribution in [2.75, 3.05) is 11.4 Å². The number of carbonyl (C=O) groups is 1. The first kappa shape index (κ1) is 11.6. The van der Waals surface area contributed by atoms with Crippen molar-refractivity contribution in [2.45, 2.75) is 12.5 Å². The lowest BCUT2D eigenvalue weighted by molar-refractivity contribution is -0.139. The van der Waals surface area contributed by atoms with Gasteiger partial charge in [-0.3, -0.25) is 0 Å². The molecule has 1 aromatic carbocycles. The Bertz CT molecular complexity index is 624. The summed E-state index contributed by atoms with van der Waals surface area (Å²) < 4.78 is 1.49. The van der Waals surface area contributed by atoms with Crippen LogP contribution in [0.4, 0.5) is 5.95 Å². The van der Waals surface area contributed by atoms with Crippen molar-refractivity contribution in [2.24, 2.45) is 7.05 Å². The van der Waals surface area contributed by atoms with Crippen LogP contribution in [0.1, 0.15) is 17.2 Å². The topological polar surface area (TPSA) is 84.1 Å². The number of aromatic nitrogens is 4. The van der Waals surface area contributed by atoms with Crippen molar-refractivity contribution in [3.05, 3.63) is 35.4 Å². The molecule has 1 aromatic heterocycles. The second kappa shape index (κ2) is 4.34. The highest BCUT2D eigenvalue weighted by Gasteiger charge is 2.35. The third kappa shape index (κ3) is 1.83. The standard InChI is InChI=1S/C12H13N5O2/c1-16-12(13-14-15-16)17-7-6-8-4-2-3-5-9(8)10(17)11(18)19/h2-5,10H,6-7H2,1H3,(H,18,19). The highest BCUT2D eigenvalue weighted by atomic mass is 16.4.